The fraction of sp³-hybridized carbons (Fsp3) is 0.310. The highest BCUT2D eigenvalue weighted by atomic mass is 35.5. The van der Waals surface area contributed by atoms with Gasteiger partial charge in [0.2, 0.25) is 11.8 Å². The molecule has 7 nitrogen and oxygen atoms in total. The first kappa shape index (κ1) is 29.2. The number of sulfonamides is 1. The molecule has 9 heteroatoms. The van der Waals surface area contributed by atoms with E-state index in [1.165, 1.54) is 17.0 Å². The van der Waals surface area contributed by atoms with Gasteiger partial charge in [0, 0.05) is 17.6 Å². The van der Waals surface area contributed by atoms with Crippen molar-refractivity contribution in [1.29, 1.82) is 0 Å². The van der Waals surface area contributed by atoms with Crippen molar-refractivity contribution in [3.8, 4) is 0 Å². The number of benzene rings is 3. The van der Waals surface area contributed by atoms with Gasteiger partial charge in [-0.25, -0.2) is 8.42 Å². The summed E-state index contributed by atoms with van der Waals surface area (Å²) in [6.45, 7) is 6.89. The molecule has 0 saturated carbocycles. The van der Waals surface area contributed by atoms with Crippen LogP contribution in [0.25, 0.3) is 0 Å². The Balaban J connectivity index is 2.01. The molecular formula is C29H34ClN3O4S. The lowest BCUT2D eigenvalue weighted by Crippen LogP contribution is -2.52. The molecule has 0 radical (unpaired) electrons. The molecule has 0 spiro atoms. The zero-order chi connectivity index (χ0) is 27.9. The van der Waals surface area contributed by atoms with Crippen molar-refractivity contribution in [3.63, 3.8) is 0 Å². The molecule has 3 rings (SSSR count). The van der Waals surface area contributed by atoms with Crippen LogP contribution in [0.3, 0.4) is 0 Å². The Kier molecular flexibility index (Phi) is 9.94. The summed E-state index contributed by atoms with van der Waals surface area (Å²) in [6.07, 6.45) is 0.730. The van der Waals surface area contributed by atoms with Crippen molar-refractivity contribution in [2.45, 2.75) is 57.6 Å². The number of nitrogens with zero attached hydrogens (tertiary/aromatic N) is 2. The monoisotopic (exact) mass is 555 g/mol. The molecule has 0 saturated heterocycles. The smallest absolute Gasteiger partial charge is 0.264 e. The standard InChI is InChI=1S/C29H34ClN3O4S/c1-5-22(3)31-29(35)23(4)32(19-24-11-9-10-14-27(24)30)28(34)20-33(25-12-7-6-8-13-25)38(36,37)26-17-15-21(2)16-18-26/h6-18,22-23H,5,19-20H2,1-4H3,(H,31,35). The predicted octanol–water partition coefficient (Wildman–Crippen LogP) is 5.18. The minimum atomic E-state index is -4.09. The molecule has 2 atom stereocenters. The molecule has 0 aliphatic heterocycles. The molecule has 202 valence electrons. The van der Waals surface area contributed by atoms with E-state index in [-0.39, 0.29) is 23.4 Å². The fourth-order valence-electron chi connectivity index (χ4n) is 3.82. The van der Waals surface area contributed by atoms with E-state index in [0.29, 0.717) is 16.3 Å². The molecule has 0 heterocycles. The van der Waals surface area contributed by atoms with Crippen LogP contribution in [0.2, 0.25) is 5.02 Å². The van der Waals surface area contributed by atoms with Crippen LogP contribution >= 0.6 is 11.6 Å². The maximum atomic E-state index is 13.9. The minimum Gasteiger partial charge on any atom is -0.352 e. The molecule has 3 aromatic carbocycles. The van der Waals surface area contributed by atoms with Crippen molar-refractivity contribution in [2.75, 3.05) is 10.8 Å². The van der Waals surface area contributed by atoms with Crippen molar-refractivity contribution < 1.29 is 18.0 Å². The number of nitrogens with one attached hydrogen (secondary N) is 1. The average molecular weight is 556 g/mol. The van der Waals surface area contributed by atoms with Gasteiger partial charge in [0.25, 0.3) is 10.0 Å². The quantitative estimate of drug-likeness (QED) is 0.353. The molecule has 0 fully saturated rings. The third kappa shape index (κ3) is 7.14. The third-order valence-electron chi connectivity index (χ3n) is 6.40. The number of para-hydroxylation sites is 1. The first-order chi connectivity index (χ1) is 18.0. The first-order valence-corrected chi connectivity index (χ1v) is 14.3. The fourth-order valence-corrected chi connectivity index (χ4v) is 5.43. The molecule has 0 aliphatic rings. The Morgan fingerprint density at radius 1 is 0.921 bits per heavy atom. The summed E-state index contributed by atoms with van der Waals surface area (Å²) in [7, 11) is -4.09. The van der Waals surface area contributed by atoms with Crippen LogP contribution in [0, 0.1) is 6.92 Å². The van der Waals surface area contributed by atoms with Crippen LogP contribution in [-0.4, -0.2) is 43.8 Å². The summed E-state index contributed by atoms with van der Waals surface area (Å²) in [5.41, 5.74) is 1.91. The topological polar surface area (TPSA) is 86.8 Å². The summed E-state index contributed by atoms with van der Waals surface area (Å²) in [6, 6.07) is 21.0. The maximum Gasteiger partial charge on any atom is 0.264 e. The number of anilines is 1. The Bertz CT molecular complexity index is 1350. The lowest BCUT2D eigenvalue weighted by Gasteiger charge is -2.32. The summed E-state index contributed by atoms with van der Waals surface area (Å²) < 4.78 is 28.6. The number of hydrogen-bond acceptors (Lipinski definition) is 4. The molecule has 0 aromatic heterocycles. The number of carbonyl (C=O) groups is 2. The lowest BCUT2D eigenvalue weighted by atomic mass is 10.1. The first-order valence-electron chi connectivity index (χ1n) is 12.5. The van der Waals surface area contributed by atoms with Crippen LogP contribution in [-0.2, 0) is 26.2 Å². The van der Waals surface area contributed by atoms with Crippen LogP contribution in [0.5, 0.6) is 0 Å². The van der Waals surface area contributed by atoms with Gasteiger partial charge in [0.15, 0.2) is 0 Å². The number of halogens is 1. The number of carbonyl (C=O) groups excluding carboxylic acids is 2. The van der Waals surface area contributed by atoms with E-state index in [9.17, 15) is 18.0 Å². The Morgan fingerprint density at radius 2 is 1.53 bits per heavy atom. The third-order valence-corrected chi connectivity index (χ3v) is 8.56. The summed E-state index contributed by atoms with van der Waals surface area (Å²) in [5.74, 6) is -0.858. The highest BCUT2D eigenvalue weighted by Crippen LogP contribution is 2.25. The van der Waals surface area contributed by atoms with Gasteiger partial charge in [-0.3, -0.25) is 13.9 Å². The second-order valence-electron chi connectivity index (χ2n) is 9.27. The van der Waals surface area contributed by atoms with Gasteiger partial charge in [-0.1, -0.05) is 72.6 Å². The summed E-state index contributed by atoms with van der Waals surface area (Å²) in [5, 5.41) is 3.36. The van der Waals surface area contributed by atoms with Gasteiger partial charge in [0.05, 0.1) is 10.6 Å². The highest BCUT2D eigenvalue weighted by molar-refractivity contribution is 7.92. The van der Waals surface area contributed by atoms with Gasteiger partial charge in [-0.15, -0.1) is 0 Å². The Labute approximate surface area is 230 Å². The second-order valence-corrected chi connectivity index (χ2v) is 11.5. The van der Waals surface area contributed by atoms with Crippen molar-refractivity contribution in [2.24, 2.45) is 0 Å². The highest BCUT2D eigenvalue weighted by Gasteiger charge is 2.33. The number of hydrogen-bond donors (Lipinski definition) is 1. The van der Waals surface area contributed by atoms with Crippen LogP contribution in [0.15, 0.2) is 83.8 Å². The zero-order valence-corrected chi connectivity index (χ0v) is 23.7. The van der Waals surface area contributed by atoms with E-state index in [1.54, 1.807) is 73.7 Å². The SMILES string of the molecule is CCC(C)NC(=O)C(C)N(Cc1ccccc1Cl)C(=O)CN(c1ccccc1)S(=O)(=O)c1ccc(C)cc1. The van der Waals surface area contributed by atoms with E-state index < -0.39 is 28.5 Å². The maximum absolute atomic E-state index is 13.9. The molecule has 38 heavy (non-hydrogen) atoms. The van der Waals surface area contributed by atoms with Gasteiger partial charge >= 0.3 is 0 Å². The summed E-state index contributed by atoms with van der Waals surface area (Å²) >= 11 is 6.39. The van der Waals surface area contributed by atoms with E-state index >= 15 is 0 Å². The predicted molar refractivity (Wildman–Crippen MR) is 152 cm³/mol. The van der Waals surface area contributed by atoms with E-state index in [0.717, 1.165) is 16.3 Å². The van der Waals surface area contributed by atoms with Gasteiger partial charge in [-0.2, -0.15) is 0 Å². The minimum absolute atomic E-state index is 0.0425. The van der Waals surface area contributed by atoms with E-state index in [2.05, 4.69) is 5.32 Å². The Hall–Kier alpha value is -3.36. The average Bonchev–Trinajstić information content (AvgIpc) is 2.91. The molecule has 3 aromatic rings. The van der Waals surface area contributed by atoms with Crippen molar-refractivity contribution >= 4 is 39.1 Å². The molecule has 1 N–H and O–H groups in total. The molecule has 2 unspecified atom stereocenters. The lowest BCUT2D eigenvalue weighted by molar-refractivity contribution is -0.139. The van der Waals surface area contributed by atoms with Gasteiger partial charge in [0.1, 0.15) is 12.6 Å². The molecule has 0 bridgehead atoms. The zero-order valence-electron chi connectivity index (χ0n) is 22.1. The normalized spacial score (nSPS) is 12.9. The largest absolute Gasteiger partial charge is 0.352 e. The van der Waals surface area contributed by atoms with E-state index in [4.69, 9.17) is 11.6 Å². The summed E-state index contributed by atoms with van der Waals surface area (Å²) in [4.78, 5) is 28.4. The molecule has 0 aliphatic carbocycles. The van der Waals surface area contributed by atoms with Crippen LogP contribution < -0.4 is 9.62 Å². The molecular weight excluding hydrogens is 522 g/mol. The molecule has 2 amide bonds. The van der Waals surface area contributed by atoms with Gasteiger partial charge in [-0.05, 0) is 63.1 Å². The van der Waals surface area contributed by atoms with E-state index in [1.807, 2.05) is 20.8 Å². The Morgan fingerprint density at radius 3 is 2.13 bits per heavy atom. The van der Waals surface area contributed by atoms with Crippen LogP contribution in [0.4, 0.5) is 5.69 Å². The number of aryl methyl sites for hydroxylation is 1. The van der Waals surface area contributed by atoms with Crippen LogP contribution in [0.1, 0.15) is 38.3 Å². The number of rotatable bonds is 11. The van der Waals surface area contributed by atoms with Gasteiger partial charge < -0.3 is 10.2 Å². The second kappa shape index (κ2) is 12.9. The van der Waals surface area contributed by atoms with Crippen molar-refractivity contribution in [3.05, 3.63) is 95.0 Å². The number of amides is 2. The van der Waals surface area contributed by atoms with Crippen molar-refractivity contribution in [1.82, 2.24) is 10.2 Å².